The van der Waals surface area contributed by atoms with Crippen LogP contribution in [0.4, 0.5) is 5.69 Å². The minimum atomic E-state index is -0.339. The predicted octanol–water partition coefficient (Wildman–Crippen LogP) is 1.86. The SMILES string of the molecule is O=C1C=CC(=O)N1c1cccc2ccoc12. The molecule has 3 rings (SSSR count). The summed E-state index contributed by atoms with van der Waals surface area (Å²) in [7, 11) is 0. The number of imide groups is 1. The standard InChI is InChI=1S/C12H7NO3/c14-10-4-5-11(15)13(10)9-3-1-2-8-6-7-16-12(8)9/h1-7H. The summed E-state index contributed by atoms with van der Waals surface area (Å²) in [6, 6.07) is 7.12. The van der Waals surface area contributed by atoms with Gasteiger partial charge in [0, 0.05) is 17.5 Å². The molecule has 2 heterocycles. The molecule has 1 aliphatic rings. The molecular formula is C12H7NO3. The van der Waals surface area contributed by atoms with Crippen molar-refractivity contribution in [3.63, 3.8) is 0 Å². The fraction of sp³-hybridized carbons (Fsp3) is 0. The molecule has 4 nitrogen and oxygen atoms in total. The summed E-state index contributed by atoms with van der Waals surface area (Å²) in [5.74, 6) is -0.678. The average Bonchev–Trinajstić information content (AvgIpc) is 2.86. The number of anilines is 1. The summed E-state index contributed by atoms with van der Waals surface area (Å²) < 4.78 is 5.28. The Morgan fingerprint density at radius 2 is 1.75 bits per heavy atom. The maximum Gasteiger partial charge on any atom is 0.258 e. The number of amides is 2. The predicted molar refractivity (Wildman–Crippen MR) is 57.8 cm³/mol. The summed E-state index contributed by atoms with van der Waals surface area (Å²) in [6.45, 7) is 0. The van der Waals surface area contributed by atoms with E-state index in [0.29, 0.717) is 11.3 Å². The van der Waals surface area contributed by atoms with Gasteiger partial charge in [0.1, 0.15) is 0 Å². The first kappa shape index (κ1) is 8.91. The van der Waals surface area contributed by atoms with Crippen LogP contribution in [0.5, 0.6) is 0 Å². The van der Waals surface area contributed by atoms with Crippen LogP contribution in [-0.2, 0) is 9.59 Å². The first-order chi connectivity index (χ1) is 7.77. The van der Waals surface area contributed by atoms with Gasteiger partial charge in [-0.05, 0) is 12.1 Å². The topological polar surface area (TPSA) is 50.5 Å². The summed E-state index contributed by atoms with van der Waals surface area (Å²) in [6.07, 6.45) is 4.04. The maximum absolute atomic E-state index is 11.5. The van der Waals surface area contributed by atoms with Crippen molar-refractivity contribution in [3.8, 4) is 0 Å². The van der Waals surface area contributed by atoms with Crippen LogP contribution in [0.25, 0.3) is 11.0 Å². The fourth-order valence-electron chi connectivity index (χ4n) is 1.79. The lowest BCUT2D eigenvalue weighted by Crippen LogP contribution is -2.29. The van der Waals surface area contributed by atoms with E-state index in [1.807, 2.05) is 6.07 Å². The number of hydrogen-bond acceptors (Lipinski definition) is 3. The molecule has 0 saturated heterocycles. The van der Waals surface area contributed by atoms with E-state index >= 15 is 0 Å². The molecule has 0 saturated carbocycles. The summed E-state index contributed by atoms with van der Waals surface area (Å²) in [5, 5.41) is 0.866. The van der Waals surface area contributed by atoms with E-state index in [4.69, 9.17) is 4.42 Å². The van der Waals surface area contributed by atoms with Crippen molar-refractivity contribution in [1.82, 2.24) is 0 Å². The Labute approximate surface area is 90.8 Å². The molecule has 1 aromatic carbocycles. The number of rotatable bonds is 1. The second kappa shape index (κ2) is 3.06. The minimum Gasteiger partial charge on any atom is -0.462 e. The number of hydrogen-bond donors (Lipinski definition) is 0. The van der Waals surface area contributed by atoms with Crippen molar-refractivity contribution < 1.29 is 14.0 Å². The van der Waals surface area contributed by atoms with E-state index in [1.54, 1.807) is 18.2 Å². The lowest BCUT2D eigenvalue weighted by Gasteiger charge is -2.13. The molecule has 4 heteroatoms. The van der Waals surface area contributed by atoms with Gasteiger partial charge in [0.15, 0.2) is 5.58 Å². The molecule has 0 spiro atoms. The quantitative estimate of drug-likeness (QED) is 0.679. The van der Waals surface area contributed by atoms with E-state index < -0.39 is 0 Å². The van der Waals surface area contributed by atoms with Crippen LogP contribution in [0.1, 0.15) is 0 Å². The van der Waals surface area contributed by atoms with Crippen LogP contribution >= 0.6 is 0 Å². The molecule has 2 amide bonds. The Bertz CT molecular complexity index is 606. The lowest BCUT2D eigenvalue weighted by molar-refractivity contribution is -0.119. The van der Waals surface area contributed by atoms with Crippen molar-refractivity contribution in [2.75, 3.05) is 4.90 Å². The second-order valence-corrected chi connectivity index (χ2v) is 3.46. The van der Waals surface area contributed by atoms with Gasteiger partial charge in [-0.15, -0.1) is 0 Å². The molecule has 2 aromatic rings. The van der Waals surface area contributed by atoms with Crippen molar-refractivity contribution in [1.29, 1.82) is 0 Å². The summed E-state index contributed by atoms with van der Waals surface area (Å²) in [5.41, 5.74) is 1.04. The number of benzene rings is 1. The van der Waals surface area contributed by atoms with Crippen molar-refractivity contribution in [2.24, 2.45) is 0 Å². The van der Waals surface area contributed by atoms with E-state index in [9.17, 15) is 9.59 Å². The Morgan fingerprint density at radius 3 is 2.50 bits per heavy atom. The van der Waals surface area contributed by atoms with Gasteiger partial charge in [-0.1, -0.05) is 12.1 Å². The number of carbonyl (C=O) groups excluding carboxylic acids is 2. The molecule has 1 aliphatic heterocycles. The average molecular weight is 213 g/mol. The highest BCUT2D eigenvalue weighted by Gasteiger charge is 2.27. The molecule has 0 atom stereocenters. The third-order valence-electron chi connectivity index (χ3n) is 2.51. The molecule has 78 valence electrons. The van der Waals surface area contributed by atoms with Crippen LogP contribution in [0.3, 0.4) is 0 Å². The number of nitrogens with zero attached hydrogens (tertiary/aromatic N) is 1. The highest BCUT2D eigenvalue weighted by Crippen LogP contribution is 2.29. The third kappa shape index (κ3) is 1.10. The van der Waals surface area contributed by atoms with E-state index in [2.05, 4.69) is 0 Å². The Kier molecular flexibility index (Phi) is 1.71. The summed E-state index contributed by atoms with van der Waals surface area (Å²) >= 11 is 0. The Morgan fingerprint density at radius 1 is 1.00 bits per heavy atom. The highest BCUT2D eigenvalue weighted by molar-refractivity contribution is 6.29. The van der Waals surface area contributed by atoms with Gasteiger partial charge in [0.05, 0.1) is 12.0 Å². The minimum absolute atomic E-state index is 0.339. The monoisotopic (exact) mass is 213 g/mol. The van der Waals surface area contributed by atoms with Gasteiger partial charge in [-0.2, -0.15) is 0 Å². The van der Waals surface area contributed by atoms with Crippen LogP contribution in [0.2, 0.25) is 0 Å². The first-order valence-corrected chi connectivity index (χ1v) is 4.80. The lowest BCUT2D eigenvalue weighted by atomic mass is 10.2. The van der Waals surface area contributed by atoms with Crippen molar-refractivity contribution in [2.45, 2.75) is 0 Å². The molecule has 16 heavy (non-hydrogen) atoms. The smallest absolute Gasteiger partial charge is 0.258 e. The van der Waals surface area contributed by atoms with E-state index in [1.165, 1.54) is 18.4 Å². The highest BCUT2D eigenvalue weighted by atomic mass is 16.3. The number of fused-ring (bicyclic) bond motifs is 1. The van der Waals surface area contributed by atoms with Gasteiger partial charge in [-0.25, -0.2) is 4.90 Å². The largest absolute Gasteiger partial charge is 0.462 e. The van der Waals surface area contributed by atoms with E-state index in [0.717, 1.165) is 10.3 Å². The first-order valence-electron chi connectivity index (χ1n) is 4.80. The van der Waals surface area contributed by atoms with Gasteiger partial charge in [0.25, 0.3) is 11.8 Å². The van der Waals surface area contributed by atoms with Crippen LogP contribution in [0.15, 0.2) is 47.1 Å². The van der Waals surface area contributed by atoms with Gasteiger partial charge >= 0.3 is 0 Å². The van der Waals surface area contributed by atoms with Crippen molar-refractivity contribution >= 4 is 28.5 Å². The van der Waals surface area contributed by atoms with Gasteiger partial charge in [-0.3, -0.25) is 9.59 Å². The molecule has 1 aromatic heterocycles. The molecule has 0 fully saturated rings. The third-order valence-corrected chi connectivity index (χ3v) is 2.51. The molecular weight excluding hydrogens is 206 g/mol. The molecule has 0 bridgehead atoms. The molecule has 0 radical (unpaired) electrons. The maximum atomic E-state index is 11.5. The number of carbonyl (C=O) groups is 2. The van der Waals surface area contributed by atoms with Gasteiger partial charge < -0.3 is 4.42 Å². The fourth-order valence-corrected chi connectivity index (χ4v) is 1.79. The van der Waals surface area contributed by atoms with Crippen LogP contribution in [0, 0.1) is 0 Å². The zero-order valence-electron chi connectivity index (χ0n) is 8.21. The number of para-hydroxylation sites is 1. The molecule has 0 aliphatic carbocycles. The Hall–Kier alpha value is -2.36. The molecule has 0 unspecified atom stereocenters. The second-order valence-electron chi connectivity index (χ2n) is 3.46. The van der Waals surface area contributed by atoms with E-state index in [-0.39, 0.29) is 11.8 Å². The molecule has 0 N–H and O–H groups in total. The number of furan rings is 1. The van der Waals surface area contributed by atoms with Crippen molar-refractivity contribution in [3.05, 3.63) is 42.7 Å². The zero-order chi connectivity index (χ0) is 11.1. The zero-order valence-corrected chi connectivity index (χ0v) is 8.21. The normalized spacial score (nSPS) is 15.4. The van der Waals surface area contributed by atoms with Crippen LogP contribution < -0.4 is 4.90 Å². The Balaban J connectivity index is 2.23. The van der Waals surface area contributed by atoms with Gasteiger partial charge in [0.2, 0.25) is 0 Å². The van der Waals surface area contributed by atoms with Crippen LogP contribution in [-0.4, -0.2) is 11.8 Å². The summed E-state index contributed by atoms with van der Waals surface area (Å²) in [4.78, 5) is 24.2.